The van der Waals surface area contributed by atoms with Gasteiger partial charge in [-0.3, -0.25) is 4.98 Å². The number of nitrogens with zero attached hydrogens (tertiary/aromatic N) is 3. The predicted octanol–water partition coefficient (Wildman–Crippen LogP) is 4.48. The molecule has 0 saturated heterocycles. The van der Waals surface area contributed by atoms with Crippen molar-refractivity contribution in [3.8, 4) is 17.0 Å². The first-order chi connectivity index (χ1) is 11.4. The van der Waals surface area contributed by atoms with Gasteiger partial charge in [-0.1, -0.05) is 6.07 Å². The van der Waals surface area contributed by atoms with Crippen LogP contribution < -0.4 is 4.74 Å². The van der Waals surface area contributed by atoms with Crippen LogP contribution in [0.5, 0.6) is 5.88 Å². The maximum atomic E-state index is 5.90. The number of thiazole rings is 1. The van der Waals surface area contributed by atoms with E-state index in [0.717, 1.165) is 23.4 Å². The first-order valence-corrected chi connectivity index (χ1v) is 8.72. The summed E-state index contributed by atoms with van der Waals surface area (Å²) in [4.78, 5) is 13.2. The first-order valence-electron chi connectivity index (χ1n) is 7.84. The zero-order chi connectivity index (χ0) is 15.5. The molecule has 0 unspecified atom stereocenters. The SMILES string of the molecule is Cl.c1cncc(-c2cc(OCc3nccs3)nc3c2CCCC3)c1. The fourth-order valence-electron chi connectivity index (χ4n) is 2.99. The highest BCUT2D eigenvalue weighted by atomic mass is 35.5. The van der Waals surface area contributed by atoms with E-state index in [0.29, 0.717) is 12.5 Å². The van der Waals surface area contributed by atoms with Crippen LogP contribution in [0.2, 0.25) is 0 Å². The Hall–Kier alpha value is -1.98. The van der Waals surface area contributed by atoms with Gasteiger partial charge >= 0.3 is 0 Å². The Kier molecular flexibility index (Phi) is 5.43. The van der Waals surface area contributed by atoms with Gasteiger partial charge in [-0.2, -0.15) is 0 Å². The number of fused-ring (bicyclic) bond motifs is 1. The van der Waals surface area contributed by atoms with Gasteiger partial charge < -0.3 is 4.74 Å². The molecule has 4 nitrogen and oxygen atoms in total. The molecule has 3 heterocycles. The van der Waals surface area contributed by atoms with Crippen LogP contribution in [0, 0.1) is 0 Å². The summed E-state index contributed by atoms with van der Waals surface area (Å²) in [6.45, 7) is 0.468. The second-order valence-corrected chi connectivity index (χ2v) is 6.58. The molecule has 0 aromatic carbocycles. The molecule has 3 aromatic rings. The number of aromatic nitrogens is 3. The molecule has 0 fully saturated rings. The highest BCUT2D eigenvalue weighted by Gasteiger charge is 2.18. The molecule has 0 saturated carbocycles. The smallest absolute Gasteiger partial charge is 0.214 e. The van der Waals surface area contributed by atoms with Gasteiger partial charge in [0.25, 0.3) is 0 Å². The Morgan fingerprint density at radius 3 is 2.88 bits per heavy atom. The lowest BCUT2D eigenvalue weighted by atomic mass is 9.90. The highest BCUT2D eigenvalue weighted by molar-refractivity contribution is 7.09. The quantitative estimate of drug-likeness (QED) is 0.689. The minimum Gasteiger partial charge on any atom is -0.470 e. The van der Waals surface area contributed by atoms with Crippen molar-refractivity contribution in [1.29, 1.82) is 0 Å². The average Bonchev–Trinajstić information content (AvgIpc) is 3.13. The van der Waals surface area contributed by atoms with E-state index in [1.165, 1.54) is 29.7 Å². The molecule has 0 bridgehead atoms. The third kappa shape index (κ3) is 3.57. The third-order valence-corrected chi connectivity index (χ3v) is 4.83. The summed E-state index contributed by atoms with van der Waals surface area (Å²) in [5.74, 6) is 0.680. The molecule has 4 rings (SSSR count). The molecule has 0 aliphatic heterocycles. The van der Waals surface area contributed by atoms with Crippen LogP contribution in [0.25, 0.3) is 11.1 Å². The monoisotopic (exact) mass is 359 g/mol. The second kappa shape index (κ2) is 7.73. The van der Waals surface area contributed by atoms with Crippen molar-refractivity contribution in [2.75, 3.05) is 0 Å². The lowest BCUT2D eigenvalue weighted by Gasteiger charge is -2.20. The molecule has 1 aliphatic carbocycles. The third-order valence-electron chi connectivity index (χ3n) is 4.08. The van der Waals surface area contributed by atoms with E-state index in [9.17, 15) is 0 Å². The minimum atomic E-state index is 0. The molecule has 0 spiro atoms. The summed E-state index contributed by atoms with van der Waals surface area (Å²) in [7, 11) is 0. The van der Waals surface area contributed by atoms with Gasteiger partial charge in [0.1, 0.15) is 11.6 Å². The second-order valence-electron chi connectivity index (χ2n) is 5.60. The van der Waals surface area contributed by atoms with Crippen molar-refractivity contribution >= 4 is 23.7 Å². The number of aryl methyl sites for hydroxylation is 1. The average molecular weight is 360 g/mol. The largest absolute Gasteiger partial charge is 0.470 e. The Morgan fingerprint density at radius 1 is 1.17 bits per heavy atom. The summed E-state index contributed by atoms with van der Waals surface area (Å²) in [5.41, 5.74) is 4.86. The standard InChI is InChI=1S/C18H17N3OS.ClH/c1-2-6-16-14(5-1)15(13-4-3-7-19-11-13)10-17(21-16)22-12-18-20-8-9-23-18;/h3-4,7-11H,1-2,5-6,12H2;1H. The van der Waals surface area contributed by atoms with Crippen LogP contribution in [0.3, 0.4) is 0 Å². The topological polar surface area (TPSA) is 47.9 Å². The molecule has 1 aliphatic rings. The molecule has 0 N–H and O–H groups in total. The van der Waals surface area contributed by atoms with Crippen LogP contribution in [-0.4, -0.2) is 15.0 Å². The van der Waals surface area contributed by atoms with Crippen molar-refractivity contribution in [2.24, 2.45) is 0 Å². The molecule has 6 heteroatoms. The van der Waals surface area contributed by atoms with E-state index < -0.39 is 0 Å². The molecule has 0 atom stereocenters. The van der Waals surface area contributed by atoms with Gasteiger partial charge in [0.2, 0.25) is 5.88 Å². The van der Waals surface area contributed by atoms with Crippen LogP contribution in [0.1, 0.15) is 29.1 Å². The van der Waals surface area contributed by atoms with E-state index >= 15 is 0 Å². The van der Waals surface area contributed by atoms with E-state index in [4.69, 9.17) is 9.72 Å². The summed E-state index contributed by atoms with van der Waals surface area (Å²) >= 11 is 1.60. The van der Waals surface area contributed by atoms with E-state index in [-0.39, 0.29) is 12.4 Å². The van der Waals surface area contributed by atoms with Crippen molar-refractivity contribution in [2.45, 2.75) is 32.3 Å². The summed E-state index contributed by atoms with van der Waals surface area (Å²) < 4.78 is 5.90. The number of ether oxygens (including phenoxy) is 1. The number of hydrogen-bond acceptors (Lipinski definition) is 5. The minimum absolute atomic E-state index is 0. The Labute approximate surface area is 151 Å². The van der Waals surface area contributed by atoms with Gasteiger partial charge in [0, 0.05) is 41.3 Å². The number of pyridine rings is 2. The predicted molar refractivity (Wildman–Crippen MR) is 97.8 cm³/mol. The first kappa shape index (κ1) is 16.9. The molecule has 124 valence electrons. The van der Waals surface area contributed by atoms with Gasteiger partial charge in [-0.05, 0) is 42.9 Å². The molecule has 3 aromatic heterocycles. The Balaban J connectivity index is 0.00000169. The van der Waals surface area contributed by atoms with Crippen LogP contribution in [0.4, 0.5) is 0 Å². The van der Waals surface area contributed by atoms with Gasteiger partial charge in [0.05, 0.1) is 0 Å². The molecule has 24 heavy (non-hydrogen) atoms. The van der Waals surface area contributed by atoms with Crippen molar-refractivity contribution in [3.05, 3.63) is 58.4 Å². The molecular weight excluding hydrogens is 342 g/mol. The maximum Gasteiger partial charge on any atom is 0.214 e. The zero-order valence-electron chi connectivity index (χ0n) is 13.1. The van der Waals surface area contributed by atoms with Gasteiger partial charge in [0.15, 0.2) is 0 Å². The van der Waals surface area contributed by atoms with E-state index in [2.05, 4.69) is 22.1 Å². The lowest BCUT2D eigenvalue weighted by molar-refractivity contribution is 0.292. The molecule has 0 amide bonds. The highest BCUT2D eigenvalue weighted by Crippen LogP contribution is 2.33. The Morgan fingerprint density at radius 2 is 2.08 bits per heavy atom. The van der Waals surface area contributed by atoms with Crippen LogP contribution >= 0.6 is 23.7 Å². The Bertz CT molecular complexity index is 794. The van der Waals surface area contributed by atoms with Gasteiger partial charge in [-0.25, -0.2) is 9.97 Å². The fraction of sp³-hybridized carbons (Fsp3) is 0.278. The van der Waals surface area contributed by atoms with Crippen LogP contribution in [0.15, 0.2) is 42.2 Å². The van der Waals surface area contributed by atoms with E-state index in [1.807, 2.05) is 17.6 Å². The summed E-state index contributed by atoms with van der Waals surface area (Å²) in [6, 6.07) is 6.12. The normalized spacial score (nSPS) is 13.0. The zero-order valence-corrected chi connectivity index (χ0v) is 14.8. The summed E-state index contributed by atoms with van der Waals surface area (Å²) in [5, 5.41) is 2.92. The number of hydrogen-bond donors (Lipinski definition) is 0. The molecule has 0 radical (unpaired) electrons. The van der Waals surface area contributed by atoms with Gasteiger partial charge in [-0.15, -0.1) is 23.7 Å². The maximum absolute atomic E-state index is 5.90. The lowest BCUT2D eigenvalue weighted by Crippen LogP contribution is -2.09. The molecular formula is C18H18ClN3OS. The fourth-order valence-corrected chi connectivity index (χ4v) is 3.52. The van der Waals surface area contributed by atoms with E-state index in [1.54, 1.807) is 23.7 Å². The van der Waals surface area contributed by atoms with Crippen molar-refractivity contribution < 1.29 is 4.74 Å². The number of halogens is 1. The van der Waals surface area contributed by atoms with Crippen molar-refractivity contribution in [3.63, 3.8) is 0 Å². The number of rotatable bonds is 4. The summed E-state index contributed by atoms with van der Waals surface area (Å²) in [6.07, 6.45) is 10.0. The van der Waals surface area contributed by atoms with Crippen molar-refractivity contribution in [1.82, 2.24) is 15.0 Å². The van der Waals surface area contributed by atoms with Crippen LogP contribution in [-0.2, 0) is 19.4 Å².